The van der Waals surface area contributed by atoms with Crippen molar-refractivity contribution in [3.63, 3.8) is 0 Å². The topological polar surface area (TPSA) is 12.0 Å². The molecule has 1 unspecified atom stereocenters. The summed E-state index contributed by atoms with van der Waals surface area (Å²) in [5.74, 6) is 0. The van der Waals surface area contributed by atoms with E-state index in [2.05, 4.69) is 83.4 Å². The lowest BCUT2D eigenvalue weighted by atomic mass is 10.1. The number of halogens is 1. The Bertz CT molecular complexity index is 537. The first-order chi connectivity index (χ1) is 9.22. The Hall–Kier alpha value is -0.870. The Balaban J connectivity index is 1.66. The molecular formula is C17H18IN. The van der Waals surface area contributed by atoms with Gasteiger partial charge in [0.25, 0.3) is 0 Å². The van der Waals surface area contributed by atoms with E-state index in [1.807, 2.05) is 0 Å². The molecular weight excluding hydrogens is 345 g/mol. The molecule has 0 aliphatic heterocycles. The molecule has 0 heterocycles. The molecule has 98 valence electrons. The van der Waals surface area contributed by atoms with Crippen molar-refractivity contribution in [2.24, 2.45) is 0 Å². The molecule has 3 rings (SSSR count). The van der Waals surface area contributed by atoms with Gasteiger partial charge >= 0.3 is 0 Å². The highest BCUT2D eigenvalue weighted by Gasteiger charge is 2.22. The van der Waals surface area contributed by atoms with Crippen LogP contribution in [0.5, 0.6) is 0 Å². The zero-order chi connectivity index (χ0) is 13.2. The predicted octanol–water partition coefficient (Wildman–Crippen LogP) is 4.11. The molecule has 2 aromatic carbocycles. The minimum absolute atomic E-state index is 0.413. The lowest BCUT2D eigenvalue weighted by Gasteiger charge is -2.19. The minimum atomic E-state index is 0.413. The van der Waals surface area contributed by atoms with Crippen molar-refractivity contribution in [3.8, 4) is 0 Å². The molecule has 0 radical (unpaired) electrons. The van der Waals surface area contributed by atoms with E-state index in [0.717, 1.165) is 12.8 Å². The summed E-state index contributed by atoms with van der Waals surface area (Å²) in [6.45, 7) is 2.26. The Morgan fingerprint density at radius 1 is 1.00 bits per heavy atom. The first kappa shape index (κ1) is 13.1. The van der Waals surface area contributed by atoms with Crippen molar-refractivity contribution in [3.05, 3.63) is 68.8 Å². The minimum Gasteiger partial charge on any atom is -0.307 e. The molecule has 0 aromatic heterocycles. The molecule has 2 aromatic rings. The third kappa shape index (κ3) is 3.00. The van der Waals surface area contributed by atoms with Gasteiger partial charge in [0.1, 0.15) is 0 Å². The standard InChI is InChI=1S/C17H18IN/c1-12(13-6-8-16(18)9-7-13)19-17-10-14-4-2-3-5-15(14)11-17/h2-9,12,17,19H,10-11H2,1H3. The summed E-state index contributed by atoms with van der Waals surface area (Å²) >= 11 is 2.35. The molecule has 1 aliphatic rings. The molecule has 1 aliphatic carbocycles. The van der Waals surface area contributed by atoms with E-state index in [9.17, 15) is 0 Å². The highest BCUT2D eigenvalue weighted by molar-refractivity contribution is 14.1. The average Bonchev–Trinajstić information content (AvgIpc) is 2.81. The van der Waals surface area contributed by atoms with Crippen LogP contribution in [0.3, 0.4) is 0 Å². The van der Waals surface area contributed by atoms with Gasteiger partial charge in [-0.15, -0.1) is 0 Å². The molecule has 19 heavy (non-hydrogen) atoms. The summed E-state index contributed by atoms with van der Waals surface area (Å²) in [5, 5.41) is 3.76. The van der Waals surface area contributed by atoms with Crippen LogP contribution in [0.2, 0.25) is 0 Å². The first-order valence-electron chi connectivity index (χ1n) is 6.80. The van der Waals surface area contributed by atoms with Crippen LogP contribution in [0.4, 0.5) is 0 Å². The van der Waals surface area contributed by atoms with E-state index < -0.39 is 0 Å². The Kier molecular flexibility index (Phi) is 3.89. The van der Waals surface area contributed by atoms with Gasteiger partial charge in [-0.25, -0.2) is 0 Å². The maximum absolute atomic E-state index is 3.76. The van der Waals surface area contributed by atoms with E-state index in [-0.39, 0.29) is 0 Å². The van der Waals surface area contributed by atoms with Crippen molar-refractivity contribution in [1.82, 2.24) is 5.32 Å². The van der Waals surface area contributed by atoms with Gasteiger partial charge in [0.2, 0.25) is 0 Å². The van der Waals surface area contributed by atoms with Crippen molar-refractivity contribution in [2.75, 3.05) is 0 Å². The summed E-state index contributed by atoms with van der Waals surface area (Å²) in [6, 6.07) is 18.6. The maximum Gasteiger partial charge on any atom is 0.0294 e. The second-order valence-corrected chi connectivity index (χ2v) is 6.56. The fraction of sp³-hybridized carbons (Fsp3) is 0.294. The lowest BCUT2D eigenvalue weighted by Crippen LogP contribution is -2.32. The Morgan fingerprint density at radius 2 is 1.58 bits per heavy atom. The summed E-state index contributed by atoms with van der Waals surface area (Å²) < 4.78 is 1.29. The number of hydrogen-bond donors (Lipinski definition) is 1. The van der Waals surface area contributed by atoms with Crippen LogP contribution in [-0.2, 0) is 12.8 Å². The molecule has 0 bridgehead atoms. The van der Waals surface area contributed by atoms with Crippen molar-refractivity contribution in [1.29, 1.82) is 0 Å². The highest BCUT2D eigenvalue weighted by atomic mass is 127. The van der Waals surface area contributed by atoms with Gasteiger partial charge in [-0.05, 0) is 71.2 Å². The van der Waals surface area contributed by atoms with Crippen LogP contribution in [0.1, 0.15) is 29.7 Å². The van der Waals surface area contributed by atoms with Crippen LogP contribution in [-0.4, -0.2) is 6.04 Å². The van der Waals surface area contributed by atoms with Crippen molar-refractivity contribution in [2.45, 2.75) is 31.8 Å². The van der Waals surface area contributed by atoms with Gasteiger partial charge in [-0.3, -0.25) is 0 Å². The number of nitrogens with one attached hydrogen (secondary N) is 1. The van der Waals surface area contributed by atoms with Gasteiger partial charge in [-0.2, -0.15) is 0 Å². The van der Waals surface area contributed by atoms with E-state index in [0.29, 0.717) is 12.1 Å². The van der Waals surface area contributed by atoms with Crippen LogP contribution >= 0.6 is 22.6 Å². The van der Waals surface area contributed by atoms with Crippen molar-refractivity contribution < 1.29 is 0 Å². The Morgan fingerprint density at radius 3 is 2.16 bits per heavy atom. The number of fused-ring (bicyclic) bond motifs is 1. The molecule has 0 saturated heterocycles. The second kappa shape index (κ2) is 5.63. The van der Waals surface area contributed by atoms with Gasteiger partial charge < -0.3 is 5.32 Å². The average molecular weight is 363 g/mol. The van der Waals surface area contributed by atoms with E-state index in [4.69, 9.17) is 0 Å². The zero-order valence-corrected chi connectivity index (χ0v) is 13.2. The quantitative estimate of drug-likeness (QED) is 0.810. The fourth-order valence-corrected chi connectivity index (χ4v) is 3.24. The predicted molar refractivity (Wildman–Crippen MR) is 88.3 cm³/mol. The third-order valence-corrected chi connectivity index (χ3v) is 4.63. The Labute approximate surface area is 128 Å². The molecule has 0 fully saturated rings. The molecule has 0 saturated carbocycles. The van der Waals surface area contributed by atoms with Gasteiger partial charge in [-0.1, -0.05) is 36.4 Å². The number of hydrogen-bond acceptors (Lipinski definition) is 1. The molecule has 1 N–H and O–H groups in total. The van der Waals surface area contributed by atoms with E-state index in [1.165, 1.54) is 20.3 Å². The van der Waals surface area contributed by atoms with Crippen LogP contribution < -0.4 is 5.32 Å². The lowest BCUT2D eigenvalue weighted by molar-refractivity contribution is 0.467. The fourth-order valence-electron chi connectivity index (χ4n) is 2.88. The van der Waals surface area contributed by atoms with Gasteiger partial charge in [0.15, 0.2) is 0 Å². The van der Waals surface area contributed by atoms with E-state index >= 15 is 0 Å². The van der Waals surface area contributed by atoms with Gasteiger partial charge in [0.05, 0.1) is 0 Å². The van der Waals surface area contributed by atoms with Crippen LogP contribution in [0.15, 0.2) is 48.5 Å². The monoisotopic (exact) mass is 363 g/mol. The normalized spacial score (nSPS) is 16.3. The van der Waals surface area contributed by atoms with Crippen LogP contribution in [0.25, 0.3) is 0 Å². The van der Waals surface area contributed by atoms with Crippen molar-refractivity contribution >= 4 is 22.6 Å². The summed E-state index contributed by atoms with van der Waals surface area (Å²) in [5.41, 5.74) is 4.39. The zero-order valence-electron chi connectivity index (χ0n) is 11.1. The largest absolute Gasteiger partial charge is 0.307 e. The third-order valence-electron chi connectivity index (χ3n) is 3.91. The SMILES string of the molecule is CC(NC1Cc2ccccc2C1)c1ccc(I)cc1. The summed E-state index contributed by atoms with van der Waals surface area (Å²) in [7, 11) is 0. The molecule has 0 amide bonds. The molecule has 2 heteroatoms. The highest BCUT2D eigenvalue weighted by Crippen LogP contribution is 2.24. The van der Waals surface area contributed by atoms with Crippen LogP contribution in [0, 0.1) is 3.57 Å². The second-order valence-electron chi connectivity index (χ2n) is 5.31. The smallest absolute Gasteiger partial charge is 0.0294 e. The molecule has 1 nitrogen and oxygen atoms in total. The van der Waals surface area contributed by atoms with E-state index in [1.54, 1.807) is 0 Å². The number of rotatable bonds is 3. The molecule has 1 atom stereocenters. The summed E-state index contributed by atoms with van der Waals surface area (Å²) in [6.07, 6.45) is 2.32. The summed E-state index contributed by atoms with van der Waals surface area (Å²) in [4.78, 5) is 0. The molecule has 0 spiro atoms. The number of benzene rings is 2. The maximum atomic E-state index is 3.76. The van der Waals surface area contributed by atoms with Gasteiger partial charge in [0, 0.05) is 15.7 Å². The first-order valence-corrected chi connectivity index (χ1v) is 7.88.